The van der Waals surface area contributed by atoms with Crippen molar-refractivity contribution >= 4 is 11.3 Å². The maximum Gasteiger partial charge on any atom is 0.126 e. The Balaban J connectivity index is 1.95. The molecule has 0 saturated heterocycles. The van der Waals surface area contributed by atoms with Crippen LogP contribution in [-0.4, -0.2) is 11.7 Å². The van der Waals surface area contributed by atoms with Crippen molar-refractivity contribution < 1.29 is 13.9 Å². The lowest BCUT2D eigenvalue weighted by Crippen LogP contribution is -2.24. The van der Waals surface area contributed by atoms with Gasteiger partial charge in [0.15, 0.2) is 0 Å². The van der Waals surface area contributed by atoms with E-state index in [4.69, 9.17) is 0 Å². The van der Waals surface area contributed by atoms with Gasteiger partial charge in [0, 0.05) is 18.7 Å². The third-order valence-electron chi connectivity index (χ3n) is 2.93. The van der Waals surface area contributed by atoms with Crippen molar-refractivity contribution in [1.82, 2.24) is 5.32 Å². The van der Waals surface area contributed by atoms with Crippen molar-refractivity contribution in [2.24, 2.45) is 0 Å². The Morgan fingerprint density at radius 1 is 1.21 bits per heavy atom. The molecule has 19 heavy (non-hydrogen) atoms. The molecule has 0 aliphatic carbocycles. The molecule has 2 nitrogen and oxygen atoms in total. The van der Waals surface area contributed by atoms with E-state index >= 15 is 0 Å². The van der Waals surface area contributed by atoms with Crippen molar-refractivity contribution in [3.63, 3.8) is 0 Å². The number of hydrogen-bond donors (Lipinski definition) is 2. The first-order valence-corrected chi connectivity index (χ1v) is 6.90. The van der Waals surface area contributed by atoms with Crippen LogP contribution in [0.3, 0.4) is 0 Å². The predicted octanol–water partition coefficient (Wildman–Crippen LogP) is 3.41. The van der Waals surface area contributed by atoms with Crippen LogP contribution in [0.5, 0.6) is 0 Å². The molecule has 0 saturated carbocycles. The van der Waals surface area contributed by atoms with E-state index in [2.05, 4.69) is 5.32 Å². The van der Waals surface area contributed by atoms with Gasteiger partial charge in [0.2, 0.25) is 0 Å². The summed E-state index contributed by atoms with van der Waals surface area (Å²) in [7, 11) is 0. The number of aliphatic hydroxyl groups excluding tert-OH is 1. The van der Waals surface area contributed by atoms with E-state index in [-0.39, 0.29) is 6.04 Å². The fourth-order valence-corrected chi connectivity index (χ4v) is 2.52. The number of aliphatic hydroxyl groups is 1. The zero-order valence-electron chi connectivity index (χ0n) is 10.4. The molecule has 102 valence electrons. The highest BCUT2D eigenvalue weighted by molar-refractivity contribution is 7.07. The van der Waals surface area contributed by atoms with Gasteiger partial charge in [0.05, 0.1) is 6.10 Å². The van der Waals surface area contributed by atoms with Gasteiger partial charge in [0.25, 0.3) is 0 Å². The normalized spacial score (nSPS) is 14.3. The average molecular weight is 283 g/mol. The van der Waals surface area contributed by atoms with E-state index in [0.717, 1.165) is 11.6 Å². The molecule has 2 rings (SSSR count). The van der Waals surface area contributed by atoms with Gasteiger partial charge in [-0.05, 0) is 47.0 Å². The monoisotopic (exact) mass is 283 g/mol. The first-order valence-electron chi connectivity index (χ1n) is 5.96. The minimum Gasteiger partial charge on any atom is -0.387 e. The molecular weight excluding hydrogens is 268 g/mol. The number of halogens is 2. The smallest absolute Gasteiger partial charge is 0.126 e. The summed E-state index contributed by atoms with van der Waals surface area (Å²) in [6.07, 6.45) is -0.618. The molecule has 1 heterocycles. The van der Waals surface area contributed by atoms with Crippen LogP contribution in [0.15, 0.2) is 35.0 Å². The molecule has 1 aromatic heterocycles. The Labute approximate surface area is 114 Å². The summed E-state index contributed by atoms with van der Waals surface area (Å²) in [5.41, 5.74) is 1.37. The summed E-state index contributed by atoms with van der Waals surface area (Å²) in [5.74, 6) is -1.19. The van der Waals surface area contributed by atoms with Crippen LogP contribution in [0, 0.1) is 11.6 Å². The van der Waals surface area contributed by atoms with Gasteiger partial charge < -0.3 is 10.4 Å². The predicted molar refractivity (Wildman–Crippen MR) is 72.1 cm³/mol. The number of hydrogen-bond acceptors (Lipinski definition) is 3. The Hall–Kier alpha value is -1.30. The van der Waals surface area contributed by atoms with E-state index in [1.807, 2.05) is 16.8 Å². The molecule has 0 bridgehead atoms. The van der Waals surface area contributed by atoms with Gasteiger partial charge in [-0.3, -0.25) is 0 Å². The van der Waals surface area contributed by atoms with E-state index in [1.165, 1.54) is 23.5 Å². The molecule has 0 aliphatic heterocycles. The van der Waals surface area contributed by atoms with Crippen LogP contribution in [0.4, 0.5) is 8.78 Å². The van der Waals surface area contributed by atoms with Gasteiger partial charge in [0.1, 0.15) is 11.6 Å². The van der Waals surface area contributed by atoms with Gasteiger partial charge in [-0.1, -0.05) is 0 Å². The van der Waals surface area contributed by atoms with Crippen LogP contribution in [0.25, 0.3) is 0 Å². The Kier molecular flexibility index (Phi) is 4.63. The molecule has 0 aliphatic rings. The quantitative estimate of drug-likeness (QED) is 0.881. The molecular formula is C14H15F2NOS. The lowest BCUT2D eigenvalue weighted by Gasteiger charge is -2.17. The van der Waals surface area contributed by atoms with Gasteiger partial charge in [-0.25, -0.2) is 8.78 Å². The molecule has 0 spiro atoms. The largest absolute Gasteiger partial charge is 0.387 e. The van der Waals surface area contributed by atoms with E-state index in [9.17, 15) is 13.9 Å². The van der Waals surface area contributed by atoms with Crippen LogP contribution in [-0.2, 0) is 0 Å². The summed E-state index contributed by atoms with van der Waals surface area (Å²) in [6.45, 7) is 2.13. The summed E-state index contributed by atoms with van der Waals surface area (Å²) in [4.78, 5) is 0. The highest BCUT2D eigenvalue weighted by Crippen LogP contribution is 2.19. The van der Waals surface area contributed by atoms with Crippen LogP contribution in [0.2, 0.25) is 0 Å². The van der Waals surface area contributed by atoms with Crippen molar-refractivity contribution in [3.8, 4) is 0 Å². The Morgan fingerprint density at radius 2 is 1.89 bits per heavy atom. The number of nitrogens with one attached hydrogen (secondary N) is 1. The van der Waals surface area contributed by atoms with E-state index in [1.54, 1.807) is 6.92 Å². The Morgan fingerprint density at radius 3 is 2.47 bits per heavy atom. The van der Waals surface area contributed by atoms with Crippen LogP contribution in [0.1, 0.15) is 30.2 Å². The van der Waals surface area contributed by atoms with Crippen molar-refractivity contribution in [2.75, 3.05) is 6.54 Å². The van der Waals surface area contributed by atoms with Crippen molar-refractivity contribution in [3.05, 3.63) is 57.8 Å². The zero-order chi connectivity index (χ0) is 13.8. The minimum atomic E-state index is -0.618. The van der Waals surface area contributed by atoms with Crippen molar-refractivity contribution in [1.29, 1.82) is 0 Å². The summed E-state index contributed by atoms with van der Waals surface area (Å²) in [6, 6.07) is 5.04. The third-order valence-corrected chi connectivity index (χ3v) is 3.63. The SMILES string of the molecule is CC(NCC(O)c1ccsc1)c1cc(F)cc(F)c1. The lowest BCUT2D eigenvalue weighted by molar-refractivity contribution is 0.171. The highest BCUT2D eigenvalue weighted by atomic mass is 32.1. The van der Waals surface area contributed by atoms with Crippen LogP contribution >= 0.6 is 11.3 Å². The molecule has 1 aromatic carbocycles. The average Bonchev–Trinajstić information content (AvgIpc) is 2.88. The summed E-state index contributed by atoms with van der Waals surface area (Å²) >= 11 is 1.52. The number of benzene rings is 1. The maximum atomic E-state index is 13.1. The molecule has 2 aromatic rings. The van der Waals surface area contributed by atoms with Crippen LogP contribution < -0.4 is 5.32 Å². The number of thiophene rings is 1. The zero-order valence-corrected chi connectivity index (χ0v) is 11.3. The lowest BCUT2D eigenvalue weighted by atomic mass is 10.1. The molecule has 0 radical (unpaired) electrons. The first kappa shape index (κ1) is 14.1. The van der Waals surface area contributed by atoms with Gasteiger partial charge in [-0.2, -0.15) is 11.3 Å². The topological polar surface area (TPSA) is 32.3 Å². The molecule has 0 fully saturated rings. The third kappa shape index (κ3) is 3.83. The molecule has 5 heteroatoms. The van der Waals surface area contributed by atoms with Gasteiger partial charge in [-0.15, -0.1) is 0 Å². The highest BCUT2D eigenvalue weighted by Gasteiger charge is 2.12. The molecule has 2 N–H and O–H groups in total. The minimum absolute atomic E-state index is 0.238. The van der Waals surface area contributed by atoms with E-state index < -0.39 is 17.7 Å². The fraction of sp³-hybridized carbons (Fsp3) is 0.286. The fourth-order valence-electron chi connectivity index (χ4n) is 1.81. The second kappa shape index (κ2) is 6.23. The summed E-state index contributed by atoms with van der Waals surface area (Å²) in [5, 5.41) is 16.7. The standard InChI is InChI=1S/C14H15F2NOS/c1-9(11-4-12(15)6-13(16)5-11)17-7-14(18)10-2-3-19-8-10/h2-6,8-9,14,17-18H,7H2,1H3. The Bertz CT molecular complexity index is 510. The second-order valence-electron chi connectivity index (χ2n) is 4.41. The first-order chi connectivity index (χ1) is 9.06. The summed E-state index contributed by atoms with van der Waals surface area (Å²) < 4.78 is 26.2. The number of rotatable bonds is 5. The molecule has 2 atom stereocenters. The maximum absolute atomic E-state index is 13.1. The van der Waals surface area contributed by atoms with Gasteiger partial charge >= 0.3 is 0 Å². The molecule has 2 unspecified atom stereocenters. The van der Waals surface area contributed by atoms with Crippen molar-refractivity contribution in [2.45, 2.75) is 19.1 Å². The van der Waals surface area contributed by atoms with E-state index in [0.29, 0.717) is 12.1 Å². The second-order valence-corrected chi connectivity index (χ2v) is 5.19. The molecule has 0 amide bonds.